The second-order valence-corrected chi connectivity index (χ2v) is 2.79. The fourth-order valence-electron chi connectivity index (χ4n) is 1.01. The van der Waals surface area contributed by atoms with E-state index in [-0.39, 0.29) is 6.61 Å². The number of ether oxygens (including phenoxy) is 1. The Kier molecular flexibility index (Phi) is 4.42. The van der Waals surface area contributed by atoms with Crippen LogP contribution >= 0.6 is 0 Å². The molecule has 0 aliphatic rings. The highest BCUT2D eigenvalue weighted by Crippen LogP contribution is 1.97. The van der Waals surface area contributed by atoms with E-state index in [2.05, 4.69) is 10.3 Å². The third-order valence-corrected chi connectivity index (χ3v) is 1.70. The van der Waals surface area contributed by atoms with Crippen molar-refractivity contribution < 1.29 is 9.84 Å². The number of nitrogens with zero attached hydrogens (tertiary/aromatic N) is 3. The van der Waals surface area contributed by atoms with Crippen molar-refractivity contribution in [3.8, 4) is 0 Å². The molecule has 1 rings (SSSR count). The van der Waals surface area contributed by atoms with Crippen molar-refractivity contribution in [1.82, 2.24) is 15.0 Å². The van der Waals surface area contributed by atoms with Crippen molar-refractivity contribution in [2.24, 2.45) is 0 Å². The van der Waals surface area contributed by atoms with E-state index in [0.29, 0.717) is 6.61 Å². The van der Waals surface area contributed by atoms with E-state index >= 15 is 0 Å². The van der Waals surface area contributed by atoms with Crippen LogP contribution < -0.4 is 0 Å². The molecule has 13 heavy (non-hydrogen) atoms. The first-order chi connectivity index (χ1) is 6.36. The van der Waals surface area contributed by atoms with Gasteiger partial charge in [0.15, 0.2) is 0 Å². The van der Waals surface area contributed by atoms with E-state index in [0.717, 1.165) is 25.1 Å². The number of aromatic nitrogens is 3. The van der Waals surface area contributed by atoms with Crippen LogP contribution in [0.1, 0.15) is 12.1 Å². The van der Waals surface area contributed by atoms with E-state index in [1.54, 1.807) is 11.8 Å². The molecule has 0 amide bonds. The Morgan fingerprint density at radius 3 is 3.15 bits per heavy atom. The lowest BCUT2D eigenvalue weighted by Crippen LogP contribution is -2.04. The van der Waals surface area contributed by atoms with Crippen LogP contribution in [0.5, 0.6) is 0 Å². The average molecular weight is 185 g/mol. The molecule has 1 aromatic heterocycles. The standard InChI is InChI=1S/C8H15N3O2/c1-13-6-4-11-7-8(9-10-11)3-2-5-12/h7,12H,2-6H2,1H3. The minimum Gasteiger partial charge on any atom is -0.396 e. The predicted molar refractivity (Wildman–Crippen MR) is 47.3 cm³/mol. The van der Waals surface area contributed by atoms with E-state index in [1.807, 2.05) is 6.20 Å². The first-order valence-corrected chi connectivity index (χ1v) is 4.35. The highest BCUT2D eigenvalue weighted by Gasteiger charge is 1.99. The van der Waals surface area contributed by atoms with E-state index in [4.69, 9.17) is 9.84 Å². The Balaban J connectivity index is 2.34. The first-order valence-electron chi connectivity index (χ1n) is 4.35. The molecule has 0 aromatic carbocycles. The van der Waals surface area contributed by atoms with Crippen molar-refractivity contribution in [3.05, 3.63) is 11.9 Å². The van der Waals surface area contributed by atoms with E-state index < -0.39 is 0 Å². The topological polar surface area (TPSA) is 60.2 Å². The number of aryl methyl sites for hydroxylation is 1. The maximum Gasteiger partial charge on any atom is 0.0828 e. The van der Waals surface area contributed by atoms with Crippen LogP contribution in [-0.2, 0) is 17.7 Å². The molecule has 0 unspecified atom stereocenters. The zero-order valence-corrected chi connectivity index (χ0v) is 7.81. The molecule has 5 heteroatoms. The van der Waals surface area contributed by atoms with Gasteiger partial charge in [-0.25, -0.2) is 4.68 Å². The zero-order valence-electron chi connectivity index (χ0n) is 7.81. The second-order valence-electron chi connectivity index (χ2n) is 2.79. The van der Waals surface area contributed by atoms with Gasteiger partial charge >= 0.3 is 0 Å². The summed E-state index contributed by atoms with van der Waals surface area (Å²) < 4.78 is 6.65. The van der Waals surface area contributed by atoms with E-state index in [9.17, 15) is 0 Å². The molecular formula is C8H15N3O2. The molecule has 0 spiro atoms. The number of hydrogen-bond acceptors (Lipinski definition) is 4. The Morgan fingerprint density at radius 1 is 1.62 bits per heavy atom. The predicted octanol–water partition coefficient (Wildman–Crippen LogP) is -0.151. The van der Waals surface area contributed by atoms with Gasteiger partial charge in [-0.05, 0) is 12.8 Å². The summed E-state index contributed by atoms with van der Waals surface area (Å²) in [6, 6.07) is 0. The van der Waals surface area contributed by atoms with Crippen LogP contribution in [-0.4, -0.2) is 40.4 Å². The molecule has 0 aliphatic carbocycles. The molecule has 0 aliphatic heterocycles. The van der Waals surface area contributed by atoms with Gasteiger partial charge in [-0.3, -0.25) is 0 Å². The van der Waals surface area contributed by atoms with Gasteiger partial charge in [0, 0.05) is 19.9 Å². The van der Waals surface area contributed by atoms with Gasteiger partial charge in [-0.1, -0.05) is 5.21 Å². The maximum absolute atomic E-state index is 8.60. The van der Waals surface area contributed by atoms with Crippen LogP contribution in [0, 0.1) is 0 Å². The highest BCUT2D eigenvalue weighted by atomic mass is 16.5. The molecule has 1 N–H and O–H groups in total. The van der Waals surface area contributed by atoms with Crippen molar-refractivity contribution >= 4 is 0 Å². The van der Waals surface area contributed by atoms with Gasteiger partial charge in [0.05, 0.1) is 18.8 Å². The molecule has 74 valence electrons. The minimum atomic E-state index is 0.199. The zero-order chi connectivity index (χ0) is 9.52. The summed E-state index contributed by atoms with van der Waals surface area (Å²) in [4.78, 5) is 0. The number of aliphatic hydroxyl groups excluding tert-OH is 1. The Morgan fingerprint density at radius 2 is 2.46 bits per heavy atom. The van der Waals surface area contributed by atoms with Gasteiger partial charge in [-0.2, -0.15) is 0 Å². The Labute approximate surface area is 77.3 Å². The van der Waals surface area contributed by atoms with Crippen molar-refractivity contribution in [1.29, 1.82) is 0 Å². The van der Waals surface area contributed by atoms with E-state index in [1.165, 1.54) is 0 Å². The summed E-state index contributed by atoms with van der Waals surface area (Å²) in [5, 5.41) is 16.5. The number of methoxy groups -OCH3 is 1. The summed E-state index contributed by atoms with van der Waals surface area (Å²) >= 11 is 0. The third kappa shape index (κ3) is 3.52. The van der Waals surface area contributed by atoms with Gasteiger partial charge in [-0.15, -0.1) is 5.10 Å². The van der Waals surface area contributed by atoms with Crippen molar-refractivity contribution in [2.45, 2.75) is 19.4 Å². The second kappa shape index (κ2) is 5.66. The molecular weight excluding hydrogens is 170 g/mol. The smallest absolute Gasteiger partial charge is 0.0828 e. The largest absolute Gasteiger partial charge is 0.396 e. The SMILES string of the molecule is COCCn1cc(CCCO)nn1. The summed E-state index contributed by atoms with van der Waals surface area (Å²) in [6.07, 6.45) is 3.40. The first kappa shape index (κ1) is 10.1. The van der Waals surface area contributed by atoms with Gasteiger partial charge < -0.3 is 9.84 Å². The molecule has 1 aromatic rings. The van der Waals surface area contributed by atoms with Gasteiger partial charge in [0.1, 0.15) is 0 Å². The molecule has 5 nitrogen and oxygen atoms in total. The third-order valence-electron chi connectivity index (χ3n) is 1.70. The molecule has 0 bridgehead atoms. The molecule has 0 fully saturated rings. The molecule has 1 heterocycles. The fraction of sp³-hybridized carbons (Fsp3) is 0.750. The van der Waals surface area contributed by atoms with Gasteiger partial charge in [0.2, 0.25) is 0 Å². The van der Waals surface area contributed by atoms with Crippen LogP contribution in [0.3, 0.4) is 0 Å². The maximum atomic E-state index is 8.60. The summed E-state index contributed by atoms with van der Waals surface area (Å²) in [5.74, 6) is 0. The van der Waals surface area contributed by atoms with Crippen molar-refractivity contribution in [3.63, 3.8) is 0 Å². The van der Waals surface area contributed by atoms with Crippen LogP contribution in [0.15, 0.2) is 6.20 Å². The minimum absolute atomic E-state index is 0.199. The quantitative estimate of drug-likeness (QED) is 0.669. The lowest BCUT2D eigenvalue weighted by Gasteiger charge is -1.96. The number of aliphatic hydroxyl groups is 1. The summed E-state index contributed by atoms with van der Waals surface area (Å²) in [5.41, 5.74) is 0.921. The summed E-state index contributed by atoms with van der Waals surface area (Å²) in [7, 11) is 1.66. The van der Waals surface area contributed by atoms with Crippen LogP contribution in [0.25, 0.3) is 0 Å². The fourth-order valence-corrected chi connectivity index (χ4v) is 1.01. The monoisotopic (exact) mass is 185 g/mol. The summed E-state index contributed by atoms with van der Waals surface area (Å²) in [6.45, 7) is 1.57. The average Bonchev–Trinajstić information content (AvgIpc) is 2.59. The molecule has 0 radical (unpaired) electrons. The Bertz CT molecular complexity index is 215. The van der Waals surface area contributed by atoms with Crippen LogP contribution in [0.4, 0.5) is 0 Å². The normalized spacial score (nSPS) is 10.6. The highest BCUT2D eigenvalue weighted by molar-refractivity contribution is 4.91. The molecule has 0 atom stereocenters. The number of hydrogen-bond donors (Lipinski definition) is 1. The lowest BCUT2D eigenvalue weighted by atomic mass is 10.3. The van der Waals surface area contributed by atoms with Crippen LogP contribution in [0.2, 0.25) is 0 Å². The molecule has 0 saturated heterocycles. The van der Waals surface area contributed by atoms with Crippen molar-refractivity contribution in [2.75, 3.05) is 20.3 Å². The Hall–Kier alpha value is -0.940. The number of rotatable bonds is 6. The lowest BCUT2D eigenvalue weighted by molar-refractivity contribution is 0.183. The van der Waals surface area contributed by atoms with Gasteiger partial charge in [0.25, 0.3) is 0 Å². The molecule has 0 saturated carbocycles.